The van der Waals surface area contributed by atoms with Gasteiger partial charge in [-0.15, -0.1) is 0 Å². The zero-order chi connectivity index (χ0) is 36.7. The van der Waals surface area contributed by atoms with Crippen LogP contribution in [0, 0.1) is 0 Å². The first-order valence-corrected chi connectivity index (χ1v) is 19.1. The van der Waals surface area contributed by atoms with Crippen LogP contribution in [0.25, 0.3) is 54.2 Å². The van der Waals surface area contributed by atoms with E-state index in [2.05, 4.69) is 200 Å². The van der Waals surface area contributed by atoms with Crippen LogP contribution in [-0.4, -0.2) is 4.98 Å². The molecular formula is C52H37N3. The lowest BCUT2D eigenvalue weighted by Crippen LogP contribution is -2.16. The summed E-state index contributed by atoms with van der Waals surface area (Å²) in [5.74, 6) is 0.880. The highest BCUT2D eigenvalue weighted by Gasteiger charge is 2.36. The molecule has 0 saturated carbocycles. The average Bonchev–Trinajstić information content (AvgIpc) is 3.47. The van der Waals surface area contributed by atoms with Crippen LogP contribution in [0.15, 0.2) is 188 Å². The molecule has 1 heterocycles. The minimum atomic E-state index is -0.117. The fourth-order valence-electron chi connectivity index (χ4n) is 9.34. The van der Waals surface area contributed by atoms with E-state index in [9.17, 15) is 0 Å². The van der Waals surface area contributed by atoms with E-state index < -0.39 is 0 Å². The molecule has 55 heavy (non-hydrogen) atoms. The van der Waals surface area contributed by atoms with Gasteiger partial charge in [0, 0.05) is 50.2 Å². The number of para-hydroxylation sites is 2. The van der Waals surface area contributed by atoms with Gasteiger partial charge < -0.3 is 4.90 Å². The van der Waals surface area contributed by atoms with E-state index in [4.69, 9.17) is 4.98 Å². The van der Waals surface area contributed by atoms with Gasteiger partial charge in [-0.25, -0.2) is 4.98 Å². The van der Waals surface area contributed by atoms with E-state index >= 15 is 0 Å². The van der Waals surface area contributed by atoms with Gasteiger partial charge in [-0.3, -0.25) is 4.90 Å². The Balaban J connectivity index is 1.24. The molecule has 0 aliphatic heterocycles. The van der Waals surface area contributed by atoms with Crippen molar-refractivity contribution < 1.29 is 0 Å². The van der Waals surface area contributed by atoms with Crippen molar-refractivity contribution in [3.8, 4) is 11.1 Å². The molecule has 0 fully saturated rings. The van der Waals surface area contributed by atoms with E-state index in [1.165, 1.54) is 65.3 Å². The fraction of sp³-hybridized carbons (Fsp3) is 0.0577. The minimum absolute atomic E-state index is 0.117. The van der Waals surface area contributed by atoms with Crippen molar-refractivity contribution in [1.82, 2.24) is 4.98 Å². The van der Waals surface area contributed by atoms with Gasteiger partial charge in [0.05, 0.1) is 11.4 Å². The van der Waals surface area contributed by atoms with Crippen LogP contribution in [0.3, 0.4) is 0 Å². The number of nitrogens with zero attached hydrogens (tertiary/aromatic N) is 3. The van der Waals surface area contributed by atoms with Gasteiger partial charge in [0.15, 0.2) is 0 Å². The Hall–Kier alpha value is -6.97. The summed E-state index contributed by atoms with van der Waals surface area (Å²) < 4.78 is 0. The average molecular weight is 704 g/mol. The molecule has 260 valence electrons. The molecule has 0 N–H and O–H groups in total. The molecule has 0 amide bonds. The van der Waals surface area contributed by atoms with Gasteiger partial charge in [0.25, 0.3) is 0 Å². The fourth-order valence-corrected chi connectivity index (χ4v) is 9.34. The lowest BCUT2D eigenvalue weighted by atomic mass is 9.82. The van der Waals surface area contributed by atoms with Gasteiger partial charge in [-0.2, -0.15) is 0 Å². The van der Waals surface area contributed by atoms with E-state index in [0.29, 0.717) is 0 Å². The zero-order valence-corrected chi connectivity index (χ0v) is 30.7. The van der Waals surface area contributed by atoms with Gasteiger partial charge in [0.2, 0.25) is 0 Å². The number of rotatable bonds is 6. The first-order valence-electron chi connectivity index (χ1n) is 19.1. The highest BCUT2D eigenvalue weighted by atomic mass is 15.2. The van der Waals surface area contributed by atoms with Crippen LogP contribution in [0.1, 0.15) is 25.0 Å². The number of fused-ring (bicyclic) bond motifs is 6. The number of anilines is 6. The molecule has 0 saturated heterocycles. The summed E-state index contributed by atoms with van der Waals surface area (Å²) in [6.45, 7) is 4.72. The van der Waals surface area contributed by atoms with Crippen LogP contribution < -0.4 is 9.80 Å². The molecule has 0 bridgehead atoms. The summed E-state index contributed by atoms with van der Waals surface area (Å²) >= 11 is 0. The van der Waals surface area contributed by atoms with E-state index in [-0.39, 0.29) is 5.41 Å². The SMILES string of the molecule is CC1(C)c2ccccc2-c2ccc(N(c3ccccc3)c3ccc4ccc5ccc(N(c6ccccc6)c6ccccn6)c6c7ccccc7c3c4c56)cc21. The lowest BCUT2D eigenvalue weighted by Gasteiger charge is -2.31. The first kappa shape index (κ1) is 31.5. The minimum Gasteiger partial charge on any atom is -0.310 e. The Morgan fingerprint density at radius 2 is 0.927 bits per heavy atom. The highest BCUT2D eigenvalue weighted by molar-refractivity contribution is 6.38. The number of benzene rings is 9. The first-order chi connectivity index (χ1) is 27.1. The Morgan fingerprint density at radius 1 is 0.400 bits per heavy atom. The third kappa shape index (κ3) is 4.66. The molecule has 0 radical (unpaired) electrons. The Morgan fingerprint density at radius 3 is 1.56 bits per heavy atom. The Labute approximate surface area is 320 Å². The van der Waals surface area contributed by atoms with E-state index in [0.717, 1.165) is 34.3 Å². The third-order valence-corrected chi connectivity index (χ3v) is 11.8. The second-order valence-corrected chi connectivity index (χ2v) is 15.2. The largest absolute Gasteiger partial charge is 0.310 e. The van der Waals surface area contributed by atoms with Crippen molar-refractivity contribution in [2.24, 2.45) is 0 Å². The lowest BCUT2D eigenvalue weighted by molar-refractivity contribution is 0.660. The summed E-state index contributed by atoms with van der Waals surface area (Å²) in [5.41, 5.74) is 10.9. The van der Waals surface area contributed by atoms with E-state index in [1.54, 1.807) is 0 Å². The zero-order valence-electron chi connectivity index (χ0n) is 30.7. The van der Waals surface area contributed by atoms with Crippen LogP contribution in [0.4, 0.5) is 34.3 Å². The Kier molecular flexibility index (Phi) is 6.90. The highest BCUT2D eigenvalue weighted by Crippen LogP contribution is 2.53. The predicted molar refractivity (Wildman–Crippen MR) is 232 cm³/mol. The van der Waals surface area contributed by atoms with Gasteiger partial charge in [0.1, 0.15) is 5.82 Å². The molecule has 0 spiro atoms. The molecule has 1 aromatic heterocycles. The number of pyridine rings is 1. The summed E-state index contributed by atoms with van der Waals surface area (Å²) in [6, 6.07) is 66.3. The van der Waals surface area contributed by atoms with Crippen molar-refractivity contribution in [3.05, 3.63) is 199 Å². The normalized spacial score (nSPS) is 13.1. The molecule has 0 atom stereocenters. The van der Waals surface area contributed by atoms with Gasteiger partial charge in [-0.1, -0.05) is 135 Å². The predicted octanol–water partition coefficient (Wildman–Crippen LogP) is 14.4. The van der Waals surface area contributed by atoms with Crippen LogP contribution in [0.5, 0.6) is 0 Å². The van der Waals surface area contributed by atoms with Crippen molar-refractivity contribution in [2.75, 3.05) is 9.80 Å². The van der Waals surface area contributed by atoms with Crippen LogP contribution >= 0.6 is 0 Å². The molecule has 11 rings (SSSR count). The van der Waals surface area contributed by atoms with Crippen molar-refractivity contribution >= 4 is 77.3 Å². The van der Waals surface area contributed by atoms with Gasteiger partial charge in [-0.05, 0) is 104 Å². The standard InChI is InChI=1S/C52H37N3/c1-52(2)43-22-12-11-19-39(43)40-29-28-38(33-44(40)52)54(36-15-5-3-6-16-36)45-30-26-34-24-25-35-27-31-46(51-42-21-10-9-20-41(42)50(45)48(34)49(35)51)55(37-17-7-4-8-18-37)47-23-13-14-32-53-47/h3-33H,1-2H3. The maximum atomic E-state index is 4.89. The molecule has 9 aromatic carbocycles. The van der Waals surface area contributed by atoms with Crippen molar-refractivity contribution in [2.45, 2.75) is 19.3 Å². The van der Waals surface area contributed by atoms with Gasteiger partial charge >= 0.3 is 0 Å². The maximum Gasteiger partial charge on any atom is 0.137 e. The van der Waals surface area contributed by atoms with Crippen molar-refractivity contribution in [1.29, 1.82) is 0 Å². The molecule has 3 nitrogen and oxygen atoms in total. The monoisotopic (exact) mass is 703 g/mol. The quantitative estimate of drug-likeness (QED) is 0.127. The summed E-state index contributed by atoms with van der Waals surface area (Å²) in [6.07, 6.45) is 1.88. The summed E-state index contributed by atoms with van der Waals surface area (Å²) in [7, 11) is 0. The summed E-state index contributed by atoms with van der Waals surface area (Å²) in [5, 5.41) is 9.89. The molecule has 0 unspecified atom stereocenters. The smallest absolute Gasteiger partial charge is 0.137 e. The van der Waals surface area contributed by atoms with Crippen LogP contribution in [0.2, 0.25) is 0 Å². The summed E-state index contributed by atoms with van der Waals surface area (Å²) in [4.78, 5) is 9.67. The maximum absolute atomic E-state index is 4.89. The third-order valence-electron chi connectivity index (χ3n) is 11.8. The topological polar surface area (TPSA) is 19.4 Å². The molecular weight excluding hydrogens is 667 g/mol. The van der Waals surface area contributed by atoms with Crippen LogP contribution in [-0.2, 0) is 5.41 Å². The number of hydrogen-bond donors (Lipinski definition) is 0. The Bertz CT molecular complexity index is 3020. The second kappa shape index (κ2) is 12.0. The number of hydrogen-bond acceptors (Lipinski definition) is 3. The molecule has 1 aliphatic rings. The molecule has 3 heteroatoms. The van der Waals surface area contributed by atoms with E-state index in [1.807, 2.05) is 12.3 Å². The van der Waals surface area contributed by atoms with Crippen molar-refractivity contribution in [3.63, 3.8) is 0 Å². The molecule has 10 aromatic rings. The number of aromatic nitrogens is 1. The molecule has 1 aliphatic carbocycles. The second-order valence-electron chi connectivity index (χ2n) is 15.2.